The molecule has 0 aliphatic heterocycles. The lowest BCUT2D eigenvalue weighted by Crippen LogP contribution is -2.34. The molecule has 0 rings (SSSR count). The molecule has 0 aromatic rings. The first-order valence-electron chi connectivity index (χ1n) is 6.27. The SMILES string of the molecule is CC(=O)N(CCC(C)(C)C)CCC(C)(C)C. The lowest BCUT2D eigenvalue weighted by Gasteiger charge is -2.28. The molecule has 0 aromatic heterocycles. The first kappa shape index (κ1) is 15.5. The number of carbonyl (C=O) groups is 1. The summed E-state index contributed by atoms with van der Waals surface area (Å²) in [5.41, 5.74) is 0.602. The van der Waals surface area contributed by atoms with E-state index < -0.39 is 0 Å². The summed E-state index contributed by atoms with van der Waals surface area (Å²) in [5, 5.41) is 0. The Hall–Kier alpha value is -0.530. The van der Waals surface area contributed by atoms with Gasteiger partial charge in [0.2, 0.25) is 5.91 Å². The fourth-order valence-corrected chi connectivity index (χ4v) is 1.37. The Labute approximate surface area is 101 Å². The average molecular weight is 227 g/mol. The average Bonchev–Trinajstić information content (AvgIpc) is 1.98. The number of nitrogens with zero attached hydrogens (tertiary/aromatic N) is 1. The van der Waals surface area contributed by atoms with Crippen molar-refractivity contribution < 1.29 is 4.79 Å². The molecule has 96 valence electrons. The van der Waals surface area contributed by atoms with E-state index in [1.54, 1.807) is 6.92 Å². The molecule has 0 aromatic carbocycles. The number of hydrogen-bond donors (Lipinski definition) is 0. The van der Waals surface area contributed by atoms with Crippen LogP contribution in [0.4, 0.5) is 0 Å². The zero-order valence-electron chi connectivity index (χ0n) is 12.2. The van der Waals surface area contributed by atoms with Crippen LogP contribution >= 0.6 is 0 Å². The van der Waals surface area contributed by atoms with Crippen LogP contribution in [0.2, 0.25) is 0 Å². The van der Waals surface area contributed by atoms with E-state index in [0.717, 1.165) is 25.9 Å². The molecule has 0 aliphatic carbocycles. The monoisotopic (exact) mass is 227 g/mol. The fraction of sp³-hybridized carbons (Fsp3) is 0.929. The van der Waals surface area contributed by atoms with Gasteiger partial charge in [-0.15, -0.1) is 0 Å². The van der Waals surface area contributed by atoms with E-state index in [9.17, 15) is 4.79 Å². The van der Waals surface area contributed by atoms with Gasteiger partial charge in [0, 0.05) is 20.0 Å². The molecule has 0 heterocycles. The van der Waals surface area contributed by atoms with Gasteiger partial charge in [-0.25, -0.2) is 0 Å². The van der Waals surface area contributed by atoms with Gasteiger partial charge in [0.1, 0.15) is 0 Å². The molecular formula is C14H29NO. The van der Waals surface area contributed by atoms with Gasteiger partial charge >= 0.3 is 0 Å². The van der Waals surface area contributed by atoms with Crippen LogP contribution in [-0.4, -0.2) is 23.9 Å². The third-order valence-electron chi connectivity index (χ3n) is 2.71. The van der Waals surface area contributed by atoms with Crippen LogP contribution in [0.1, 0.15) is 61.3 Å². The summed E-state index contributed by atoms with van der Waals surface area (Å²) in [6, 6.07) is 0. The zero-order valence-corrected chi connectivity index (χ0v) is 12.2. The van der Waals surface area contributed by atoms with E-state index in [2.05, 4.69) is 41.5 Å². The van der Waals surface area contributed by atoms with E-state index in [-0.39, 0.29) is 5.91 Å². The highest BCUT2D eigenvalue weighted by Gasteiger charge is 2.17. The molecule has 1 amide bonds. The third-order valence-corrected chi connectivity index (χ3v) is 2.71. The number of amides is 1. The van der Waals surface area contributed by atoms with Crippen molar-refractivity contribution in [2.75, 3.05) is 13.1 Å². The van der Waals surface area contributed by atoms with Crippen molar-refractivity contribution in [1.29, 1.82) is 0 Å². The minimum atomic E-state index is 0.202. The van der Waals surface area contributed by atoms with Gasteiger partial charge in [0.05, 0.1) is 0 Å². The van der Waals surface area contributed by atoms with Crippen molar-refractivity contribution in [3.63, 3.8) is 0 Å². The Morgan fingerprint density at radius 1 is 0.875 bits per heavy atom. The van der Waals surface area contributed by atoms with Gasteiger partial charge < -0.3 is 4.90 Å². The van der Waals surface area contributed by atoms with Crippen LogP contribution in [0.15, 0.2) is 0 Å². The molecule has 0 atom stereocenters. The fourth-order valence-electron chi connectivity index (χ4n) is 1.37. The molecule has 0 fully saturated rings. The summed E-state index contributed by atoms with van der Waals surface area (Å²) >= 11 is 0. The highest BCUT2D eigenvalue weighted by Crippen LogP contribution is 2.21. The predicted molar refractivity (Wildman–Crippen MR) is 70.4 cm³/mol. The second-order valence-corrected chi connectivity index (χ2v) is 7.13. The van der Waals surface area contributed by atoms with Crippen molar-refractivity contribution in [3.05, 3.63) is 0 Å². The van der Waals surface area contributed by atoms with Crippen LogP contribution < -0.4 is 0 Å². The molecule has 2 heteroatoms. The topological polar surface area (TPSA) is 20.3 Å². The van der Waals surface area contributed by atoms with E-state index >= 15 is 0 Å². The van der Waals surface area contributed by atoms with Gasteiger partial charge in [0.25, 0.3) is 0 Å². The summed E-state index contributed by atoms with van der Waals surface area (Å²) in [4.78, 5) is 13.5. The minimum Gasteiger partial charge on any atom is -0.343 e. The van der Waals surface area contributed by atoms with E-state index in [4.69, 9.17) is 0 Å². The Morgan fingerprint density at radius 3 is 1.38 bits per heavy atom. The van der Waals surface area contributed by atoms with Crippen molar-refractivity contribution in [1.82, 2.24) is 4.90 Å². The highest BCUT2D eigenvalue weighted by atomic mass is 16.2. The largest absolute Gasteiger partial charge is 0.343 e. The van der Waals surface area contributed by atoms with Crippen LogP contribution in [0.5, 0.6) is 0 Å². The van der Waals surface area contributed by atoms with Gasteiger partial charge in [0.15, 0.2) is 0 Å². The Kier molecular flexibility index (Phi) is 5.51. The van der Waals surface area contributed by atoms with E-state index in [1.165, 1.54) is 0 Å². The van der Waals surface area contributed by atoms with Crippen molar-refractivity contribution in [2.24, 2.45) is 10.8 Å². The van der Waals surface area contributed by atoms with Gasteiger partial charge in [-0.05, 0) is 23.7 Å². The molecule has 16 heavy (non-hydrogen) atoms. The second-order valence-electron chi connectivity index (χ2n) is 7.13. The van der Waals surface area contributed by atoms with Crippen LogP contribution in [0.3, 0.4) is 0 Å². The molecule has 0 bridgehead atoms. The van der Waals surface area contributed by atoms with E-state index in [0.29, 0.717) is 10.8 Å². The third kappa shape index (κ3) is 8.75. The molecule has 0 saturated heterocycles. The Morgan fingerprint density at radius 2 is 1.19 bits per heavy atom. The summed E-state index contributed by atoms with van der Waals surface area (Å²) in [7, 11) is 0. The zero-order chi connectivity index (χ0) is 13.0. The molecule has 0 aliphatic rings. The number of carbonyl (C=O) groups excluding carboxylic acids is 1. The molecule has 0 spiro atoms. The molecule has 2 nitrogen and oxygen atoms in total. The predicted octanol–water partition coefficient (Wildman–Crippen LogP) is 3.71. The summed E-state index contributed by atoms with van der Waals surface area (Å²) in [6.45, 7) is 16.7. The quantitative estimate of drug-likeness (QED) is 0.717. The van der Waals surface area contributed by atoms with Crippen molar-refractivity contribution in [3.8, 4) is 0 Å². The van der Waals surface area contributed by atoms with Gasteiger partial charge in [-0.3, -0.25) is 4.79 Å². The normalized spacial score (nSPS) is 12.7. The first-order valence-corrected chi connectivity index (χ1v) is 6.27. The standard InChI is InChI=1S/C14H29NO/c1-12(16)15(10-8-13(2,3)4)11-9-14(5,6)7/h8-11H2,1-7H3. The Balaban J connectivity index is 4.15. The van der Waals surface area contributed by atoms with E-state index in [1.807, 2.05) is 4.90 Å². The molecule has 0 unspecified atom stereocenters. The maximum absolute atomic E-state index is 11.5. The van der Waals surface area contributed by atoms with Crippen molar-refractivity contribution in [2.45, 2.75) is 61.3 Å². The molecule has 0 N–H and O–H groups in total. The molecular weight excluding hydrogens is 198 g/mol. The molecule has 0 radical (unpaired) electrons. The highest BCUT2D eigenvalue weighted by molar-refractivity contribution is 5.73. The summed E-state index contributed by atoms with van der Waals surface area (Å²) < 4.78 is 0. The minimum absolute atomic E-state index is 0.202. The van der Waals surface area contributed by atoms with Gasteiger partial charge in [-0.1, -0.05) is 41.5 Å². The van der Waals surface area contributed by atoms with Crippen LogP contribution in [0.25, 0.3) is 0 Å². The van der Waals surface area contributed by atoms with Crippen LogP contribution in [0, 0.1) is 10.8 Å². The van der Waals surface area contributed by atoms with Crippen molar-refractivity contribution >= 4 is 5.91 Å². The second kappa shape index (κ2) is 5.70. The van der Waals surface area contributed by atoms with Crippen LogP contribution in [-0.2, 0) is 4.79 Å². The maximum Gasteiger partial charge on any atom is 0.219 e. The maximum atomic E-state index is 11.5. The van der Waals surface area contributed by atoms with Gasteiger partial charge in [-0.2, -0.15) is 0 Å². The summed E-state index contributed by atoms with van der Waals surface area (Å²) in [6.07, 6.45) is 2.13. The number of hydrogen-bond acceptors (Lipinski definition) is 1. The first-order chi connectivity index (χ1) is 7.01. The smallest absolute Gasteiger partial charge is 0.219 e. The lowest BCUT2D eigenvalue weighted by atomic mass is 9.90. The lowest BCUT2D eigenvalue weighted by molar-refractivity contribution is -0.129. The Bertz CT molecular complexity index is 202. The number of rotatable bonds is 4. The summed E-state index contributed by atoms with van der Waals surface area (Å²) in [5.74, 6) is 0.202. The molecule has 0 saturated carbocycles.